The van der Waals surface area contributed by atoms with E-state index in [1.54, 1.807) is 0 Å². The second-order valence-corrected chi connectivity index (χ2v) is 6.62. The van der Waals surface area contributed by atoms with E-state index in [-0.39, 0.29) is 11.8 Å². The molecular formula is C16H24N4O2. The lowest BCUT2D eigenvalue weighted by Gasteiger charge is -2.37. The first kappa shape index (κ1) is 14.2. The Morgan fingerprint density at radius 3 is 2.86 bits per heavy atom. The third kappa shape index (κ3) is 2.90. The van der Waals surface area contributed by atoms with Gasteiger partial charge in [0.05, 0.1) is 25.0 Å². The van der Waals surface area contributed by atoms with Gasteiger partial charge in [0.1, 0.15) is 5.82 Å². The molecule has 0 radical (unpaired) electrons. The molecule has 3 heterocycles. The summed E-state index contributed by atoms with van der Waals surface area (Å²) in [7, 11) is 0. The largest absolute Gasteiger partial charge is 0.381 e. The van der Waals surface area contributed by atoms with Crippen LogP contribution >= 0.6 is 0 Å². The number of aromatic nitrogens is 2. The number of hydrogen-bond donors (Lipinski definition) is 1. The third-order valence-electron chi connectivity index (χ3n) is 5.08. The maximum Gasteiger partial charge on any atom is 0.223 e. The highest BCUT2D eigenvalue weighted by Crippen LogP contribution is 2.29. The minimum atomic E-state index is 0.204. The van der Waals surface area contributed by atoms with E-state index in [9.17, 15) is 4.79 Å². The van der Waals surface area contributed by atoms with Gasteiger partial charge < -0.3 is 14.6 Å². The van der Waals surface area contributed by atoms with Crippen molar-refractivity contribution in [3.63, 3.8) is 0 Å². The average Bonchev–Trinajstić information content (AvgIpc) is 3.34. The molecule has 0 aromatic carbocycles. The van der Waals surface area contributed by atoms with Gasteiger partial charge in [-0.1, -0.05) is 0 Å². The normalized spacial score (nSPS) is 23.3. The van der Waals surface area contributed by atoms with Crippen molar-refractivity contribution in [2.45, 2.75) is 51.4 Å². The molecule has 1 aromatic rings. The molecule has 0 unspecified atom stereocenters. The van der Waals surface area contributed by atoms with Gasteiger partial charge in [0.25, 0.3) is 0 Å². The summed E-state index contributed by atoms with van der Waals surface area (Å²) in [6.45, 7) is 5.34. The fraction of sp³-hybridized carbons (Fsp3) is 0.750. The number of fused-ring (bicyclic) bond motifs is 1. The minimum Gasteiger partial charge on any atom is -0.381 e. The summed E-state index contributed by atoms with van der Waals surface area (Å²) in [5, 5.41) is 3.04. The average molecular weight is 304 g/mol. The van der Waals surface area contributed by atoms with Crippen molar-refractivity contribution in [3.05, 3.63) is 17.7 Å². The molecule has 6 heteroatoms. The molecule has 1 saturated carbocycles. The Morgan fingerprint density at radius 2 is 2.09 bits per heavy atom. The molecule has 1 aromatic heterocycles. The fourth-order valence-corrected chi connectivity index (χ4v) is 3.51. The SMILES string of the molecule is O=C(NCc1cnc2n1CCN(C1CCOCC1)C2)C1CC1. The number of amides is 1. The quantitative estimate of drug-likeness (QED) is 0.898. The topological polar surface area (TPSA) is 59.4 Å². The van der Waals surface area contributed by atoms with Gasteiger partial charge in [-0.2, -0.15) is 0 Å². The number of carbonyl (C=O) groups is 1. The van der Waals surface area contributed by atoms with Gasteiger partial charge in [0.15, 0.2) is 0 Å². The van der Waals surface area contributed by atoms with E-state index < -0.39 is 0 Å². The lowest BCUT2D eigenvalue weighted by molar-refractivity contribution is -0.122. The Morgan fingerprint density at radius 1 is 1.27 bits per heavy atom. The number of nitrogens with one attached hydrogen (secondary N) is 1. The van der Waals surface area contributed by atoms with Crippen molar-refractivity contribution >= 4 is 5.91 Å². The Balaban J connectivity index is 1.37. The zero-order valence-corrected chi connectivity index (χ0v) is 13.0. The van der Waals surface area contributed by atoms with E-state index in [4.69, 9.17) is 4.74 Å². The molecule has 1 aliphatic carbocycles. The first-order valence-electron chi connectivity index (χ1n) is 8.44. The van der Waals surface area contributed by atoms with Crippen LogP contribution in [0, 0.1) is 5.92 Å². The van der Waals surface area contributed by atoms with Gasteiger partial charge in [-0.25, -0.2) is 4.98 Å². The monoisotopic (exact) mass is 304 g/mol. The summed E-state index contributed by atoms with van der Waals surface area (Å²) in [5.74, 6) is 1.61. The Labute approximate surface area is 130 Å². The van der Waals surface area contributed by atoms with Crippen LogP contribution in [-0.4, -0.2) is 46.2 Å². The lowest BCUT2D eigenvalue weighted by atomic mass is 10.1. The molecule has 22 heavy (non-hydrogen) atoms. The second kappa shape index (κ2) is 6.01. The van der Waals surface area contributed by atoms with Crippen molar-refractivity contribution in [2.75, 3.05) is 19.8 Å². The number of carbonyl (C=O) groups excluding carboxylic acids is 1. The summed E-state index contributed by atoms with van der Waals surface area (Å²) < 4.78 is 7.74. The van der Waals surface area contributed by atoms with E-state index in [1.807, 2.05) is 6.20 Å². The van der Waals surface area contributed by atoms with Crippen LogP contribution in [0.3, 0.4) is 0 Å². The summed E-state index contributed by atoms with van der Waals surface area (Å²) in [5.41, 5.74) is 1.13. The van der Waals surface area contributed by atoms with Crippen molar-refractivity contribution in [2.24, 2.45) is 5.92 Å². The molecule has 3 aliphatic rings. The first-order chi connectivity index (χ1) is 10.8. The number of hydrogen-bond acceptors (Lipinski definition) is 4. The van der Waals surface area contributed by atoms with Gasteiger partial charge in [-0.3, -0.25) is 9.69 Å². The van der Waals surface area contributed by atoms with Crippen LogP contribution in [0.4, 0.5) is 0 Å². The molecule has 6 nitrogen and oxygen atoms in total. The molecule has 1 N–H and O–H groups in total. The van der Waals surface area contributed by atoms with E-state index in [2.05, 4.69) is 19.8 Å². The van der Waals surface area contributed by atoms with Gasteiger partial charge in [-0.05, 0) is 25.7 Å². The summed E-state index contributed by atoms with van der Waals surface area (Å²) in [6.07, 6.45) is 6.29. The van der Waals surface area contributed by atoms with Crippen LogP contribution in [0.25, 0.3) is 0 Å². The third-order valence-corrected chi connectivity index (χ3v) is 5.08. The van der Waals surface area contributed by atoms with Crippen LogP contribution < -0.4 is 5.32 Å². The lowest BCUT2D eigenvalue weighted by Crippen LogP contribution is -2.44. The van der Waals surface area contributed by atoms with Crippen LogP contribution in [0.2, 0.25) is 0 Å². The number of imidazole rings is 1. The van der Waals surface area contributed by atoms with E-state index in [0.29, 0.717) is 12.6 Å². The number of ether oxygens (including phenoxy) is 1. The smallest absolute Gasteiger partial charge is 0.223 e. The van der Waals surface area contributed by atoms with Crippen molar-refractivity contribution in [3.8, 4) is 0 Å². The molecule has 4 rings (SSSR count). The van der Waals surface area contributed by atoms with Crippen molar-refractivity contribution < 1.29 is 9.53 Å². The molecular weight excluding hydrogens is 280 g/mol. The Bertz CT molecular complexity index is 546. The highest BCUT2D eigenvalue weighted by molar-refractivity contribution is 5.80. The van der Waals surface area contributed by atoms with Crippen LogP contribution in [0.5, 0.6) is 0 Å². The minimum absolute atomic E-state index is 0.204. The molecule has 2 fully saturated rings. The summed E-state index contributed by atoms with van der Waals surface area (Å²) in [6, 6.07) is 0.636. The number of rotatable bonds is 4. The summed E-state index contributed by atoms with van der Waals surface area (Å²) >= 11 is 0. The van der Waals surface area contributed by atoms with Gasteiger partial charge in [0, 0.05) is 38.3 Å². The fourth-order valence-electron chi connectivity index (χ4n) is 3.51. The van der Waals surface area contributed by atoms with E-state index >= 15 is 0 Å². The Hall–Kier alpha value is -1.40. The molecule has 1 amide bonds. The van der Waals surface area contributed by atoms with Crippen LogP contribution in [0.1, 0.15) is 37.2 Å². The predicted molar refractivity (Wildman–Crippen MR) is 81.0 cm³/mol. The standard InChI is InChI=1S/C16H24N4O2/c21-16(12-1-2-12)18-10-14-9-17-15-11-19(5-6-20(14)15)13-3-7-22-8-4-13/h9,12-13H,1-8,10-11H2,(H,18,21). The maximum absolute atomic E-state index is 11.8. The number of nitrogens with zero attached hydrogens (tertiary/aromatic N) is 3. The van der Waals surface area contributed by atoms with Crippen LogP contribution in [0.15, 0.2) is 6.20 Å². The highest BCUT2D eigenvalue weighted by atomic mass is 16.5. The highest BCUT2D eigenvalue weighted by Gasteiger charge is 2.30. The summed E-state index contributed by atoms with van der Waals surface area (Å²) in [4.78, 5) is 18.9. The molecule has 0 atom stereocenters. The molecule has 120 valence electrons. The zero-order chi connectivity index (χ0) is 14.9. The molecule has 1 saturated heterocycles. The second-order valence-electron chi connectivity index (χ2n) is 6.62. The van der Waals surface area contributed by atoms with Crippen molar-refractivity contribution in [1.82, 2.24) is 19.8 Å². The predicted octanol–water partition coefficient (Wildman–Crippen LogP) is 0.904. The molecule has 0 bridgehead atoms. The first-order valence-corrected chi connectivity index (χ1v) is 8.44. The van der Waals surface area contributed by atoms with Gasteiger partial charge in [-0.15, -0.1) is 0 Å². The van der Waals surface area contributed by atoms with Crippen molar-refractivity contribution in [1.29, 1.82) is 0 Å². The zero-order valence-electron chi connectivity index (χ0n) is 13.0. The van der Waals surface area contributed by atoms with E-state index in [0.717, 1.165) is 70.0 Å². The molecule has 2 aliphatic heterocycles. The van der Waals surface area contributed by atoms with Crippen LogP contribution in [-0.2, 0) is 29.2 Å². The maximum atomic E-state index is 11.8. The van der Waals surface area contributed by atoms with E-state index in [1.165, 1.54) is 0 Å². The Kier molecular flexibility index (Phi) is 3.88. The van der Waals surface area contributed by atoms with Gasteiger partial charge >= 0.3 is 0 Å². The van der Waals surface area contributed by atoms with Gasteiger partial charge in [0.2, 0.25) is 5.91 Å². The molecule has 0 spiro atoms.